The van der Waals surface area contributed by atoms with Gasteiger partial charge in [0.05, 0.1) is 19.9 Å². The topological polar surface area (TPSA) is 60.0 Å². The zero-order valence-electron chi connectivity index (χ0n) is 14.0. The molecule has 6 heteroatoms. The minimum Gasteiger partial charge on any atom is -0.493 e. The van der Waals surface area contributed by atoms with E-state index in [9.17, 15) is 4.79 Å². The van der Waals surface area contributed by atoms with E-state index in [1.165, 1.54) is 0 Å². The molecule has 0 bridgehead atoms. The highest BCUT2D eigenvalue weighted by Crippen LogP contribution is 2.34. The lowest BCUT2D eigenvalue weighted by Gasteiger charge is -2.26. The first kappa shape index (κ1) is 16.0. The van der Waals surface area contributed by atoms with Crippen LogP contribution in [0.25, 0.3) is 0 Å². The molecule has 0 spiro atoms. The van der Waals surface area contributed by atoms with Gasteiger partial charge < -0.3 is 24.4 Å². The molecule has 1 N–H and O–H groups in total. The van der Waals surface area contributed by atoms with Gasteiger partial charge in [-0.25, -0.2) is 0 Å². The molecule has 0 unspecified atom stereocenters. The van der Waals surface area contributed by atoms with E-state index in [-0.39, 0.29) is 12.5 Å². The van der Waals surface area contributed by atoms with Crippen molar-refractivity contribution in [1.29, 1.82) is 0 Å². The van der Waals surface area contributed by atoms with Gasteiger partial charge in [0.25, 0.3) is 5.91 Å². The number of hydrogen-bond donors (Lipinski definition) is 1. The molecule has 0 aliphatic carbocycles. The third-order valence-electron chi connectivity index (χ3n) is 3.99. The molecule has 126 valence electrons. The highest BCUT2D eigenvalue weighted by atomic mass is 16.5. The standard InChI is InChI=1S/C18H20N2O4/c1-20-14-6-5-13(9-16(14)24-11-18(20)21)19-10-12-4-7-15(22-2)17(8-12)23-3/h4-9,19H,10-11H2,1-3H3. The number of methoxy groups -OCH3 is 2. The summed E-state index contributed by atoms with van der Waals surface area (Å²) in [6.45, 7) is 0.705. The number of nitrogens with one attached hydrogen (secondary N) is 1. The summed E-state index contributed by atoms with van der Waals surface area (Å²) >= 11 is 0. The Morgan fingerprint density at radius 1 is 1.12 bits per heavy atom. The van der Waals surface area contributed by atoms with Crippen LogP contribution in [-0.2, 0) is 11.3 Å². The number of nitrogens with zero attached hydrogens (tertiary/aromatic N) is 1. The quantitative estimate of drug-likeness (QED) is 0.914. The number of ether oxygens (including phenoxy) is 3. The number of likely N-dealkylation sites (N-methyl/N-ethyl adjacent to an activating group) is 1. The molecular formula is C18H20N2O4. The van der Waals surface area contributed by atoms with Crippen molar-refractivity contribution >= 4 is 17.3 Å². The van der Waals surface area contributed by atoms with E-state index >= 15 is 0 Å². The zero-order chi connectivity index (χ0) is 17.1. The maximum atomic E-state index is 11.6. The van der Waals surface area contributed by atoms with Crippen LogP contribution >= 0.6 is 0 Å². The third kappa shape index (κ3) is 3.08. The third-order valence-corrected chi connectivity index (χ3v) is 3.99. The fraction of sp³-hybridized carbons (Fsp3) is 0.278. The van der Waals surface area contributed by atoms with Gasteiger partial charge in [0.2, 0.25) is 0 Å². The van der Waals surface area contributed by atoms with Crippen LogP contribution in [0.5, 0.6) is 17.2 Å². The monoisotopic (exact) mass is 328 g/mol. The number of benzene rings is 2. The van der Waals surface area contributed by atoms with Gasteiger partial charge in [-0.2, -0.15) is 0 Å². The number of amides is 1. The van der Waals surface area contributed by atoms with Crippen LogP contribution in [0.3, 0.4) is 0 Å². The molecule has 1 amide bonds. The number of carbonyl (C=O) groups is 1. The molecule has 24 heavy (non-hydrogen) atoms. The van der Waals surface area contributed by atoms with E-state index < -0.39 is 0 Å². The second-order valence-electron chi connectivity index (χ2n) is 5.47. The summed E-state index contributed by atoms with van der Waals surface area (Å²) in [7, 11) is 4.98. The van der Waals surface area contributed by atoms with Gasteiger partial charge in [0.15, 0.2) is 18.1 Å². The van der Waals surface area contributed by atoms with Gasteiger partial charge in [-0.05, 0) is 29.8 Å². The van der Waals surface area contributed by atoms with Crippen molar-refractivity contribution in [3.8, 4) is 17.2 Å². The van der Waals surface area contributed by atoms with Crippen molar-refractivity contribution in [3.63, 3.8) is 0 Å². The largest absolute Gasteiger partial charge is 0.493 e. The van der Waals surface area contributed by atoms with E-state index in [2.05, 4.69) is 5.32 Å². The fourth-order valence-corrected chi connectivity index (χ4v) is 2.58. The van der Waals surface area contributed by atoms with Crippen molar-refractivity contribution in [2.75, 3.05) is 38.1 Å². The second-order valence-corrected chi connectivity index (χ2v) is 5.47. The van der Waals surface area contributed by atoms with Crippen LogP contribution in [0, 0.1) is 0 Å². The van der Waals surface area contributed by atoms with E-state index in [1.807, 2.05) is 36.4 Å². The smallest absolute Gasteiger partial charge is 0.264 e. The summed E-state index contributed by atoms with van der Waals surface area (Å²) in [6, 6.07) is 11.5. The molecule has 6 nitrogen and oxygen atoms in total. The zero-order valence-corrected chi connectivity index (χ0v) is 14.0. The molecule has 0 aromatic heterocycles. The number of anilines is 2. The van der Waals surface area contributed by atoms with Gasteiger partial charge in [-0.15, -0.1) is 0 Å². The van der Waals surface area contributed by atoms with Gasteiger partial charge in [0, 0.05) is 25.3 Å². The summed E-state index contributed by atoms with van der Waals surface area (Å²) < 4.78 is 16.1. The van der Waals surface area contributed by atoms with Crippen LogP contribution in [0.1, 0.15) is 5.56 Å². The van der Waals surface area contributed by atoms with Crippen LogP contribution in [-0.4, -0.2) is 33.8 Å². The number of fused-ring (bicyclic) bond motifs is 1. The van der Waals surface area contributed by atoms with E-state index in [4.69, 9.17) is 14.2 Å². The number of carbonyl (C=O) groups excluding carboxylic acids is 1. The Kier molecular flexibility index (Phi) is 4.46. The fourth-order valence-electron chi connectivity index (χ4n) is 2.58. The molecule has 1 aliphatic rings. The first-order chi connectivity index (χ1) is 11.6. The average molecular weight is 328 g/mol. The van der Waals surface area contributed by atoms with Crippen LogP contribution in [0.15, 0.2) is 36.4 Å². The first-order valence-electron chi connectivity index (χ1n) is 7.60. The Hall–Kier alpha value is -2.89. The minimum absolute atomic E-state index is 0.0477. The molecule has 0 atom stereocenters. The molecule has 2 aromatic carbocycles. The Morgan fingerprint density at radius 2 is 1.92 bits per heavy atom. The summed E-state index contributed by atoms with van der Waals surface area (Å²) in [5.41, 5.74) is 2.77. The van der Waals surface area contributed by atoms with Crippen LogP contribution < -0.4 is 24.4 Å². The lowest BCUT2D eigenvalue weighted by molar-refractivity contribution is -0.120. The maximum absolute atomic E-state index is 11.6. The van der Waals surface area contributed by atoms with Gasteiger partial charge in [0.1, 0.15) is 5.75 Å². The van der Waals surface area contributed by atoms with Gasteiger partial charge >= 0.3 is 0 Å². The second kappa shape index (κ2) is 6.70. The molecule has 1 aliphatic heterocycles. The van der Waals surface area contributed by atoms with E-state index in [1.54, 1.807) is 26.2 Å². The summed E-state index contributed by atoms with van der Waals surface area (Å²) in [5, 5.41) is 3.35. The molecule has 2 aromatic rings. The lowest BCUT2D eigenvalue weighted by Crippen LogP contribution is -2.35. The van der Waals surface area contributed by atoms with Gasteiger partial charge in [-0.1, -0.05) is 6.07 Å². The molecule has 3 rings (SSSR count). The molecule has 1 heterocycles. The molecule has 0 saturated heterocycles. The van der Waals surface area contributed by atoms with E-state index in [0.717, 1.165) is 16.9 Å². The number of hydrogen-bond acceptors (Lipinski definition) is 5. The molecule has 0 radical (unpaired) electrons. The lowest BCUT2D eigenvalue weighted by atomic mass is 10.2. The van der Waals surface area contributed by atoms with Crippen molar-refractivity contribution in [3.05, 3.63) is 42.0 Å². The maximum Gasteiger partial charge on any atom is 0.264 e. The highest BCUT2D eigenvalue weighted by Gasteiger charge is 2.22. The number of rotatable bonds is 5. The van der Waals surface area contributed by atoms with Gasteiger partial charge in [-0.3, -0.25) is 4.79 Å². The predicted molar refractivity (Wildman–Crippen MR) is 92.2 cm³/mol. The van der Waals surface area contributed by atoms with Crippen molar-refractivity contribution in [1.82, 2.24) is 0 Å². The van der Waals surface area contributed by atoms with E-state index in [0.29, 0.717) is 23.8 Å². The summed E-state index contributed by atoms with van der Waals surface area (Å²) in [4.78, 5) is 13.2. The molecule has 0 saturated carbocycles. The summed E-state index contributed by atoms with van der Waals surface area (Å²) in [5.74, 6) is 2.06. The van der Waals surface area contributed by atoms with Crippen LogP contribution in [0.2, 0.25) is 0 Å². The van der Waals surface area contributed by atoms with Crippen LogP contribution in [0.4, 0.5) is 11.4 Å². The predicted octanol–water partition coefficient (Wildman–Crippen LogP) is 2.67. The first-order valence-corrected chi connectivity index (χ1v) is 7.60. The normalized spacial score (nSPS) is 13.1. The molecule has 0 fully saturated rings. The Morgan fingerprint density at radius 3 is 2.67 bits per heavy atom. The Labute approximate surface area is 140 Å². The van der Waals surface area contributed by atoms with Crippen molar-refractivity contribution in [2.24, 2.45) is 0 Å². The Bertz CT molecular complexity index is 761. The Balaban J connectivity index is 1.72. The highest BCUT2D eigenvalue weighted by molar-refractivity contribution is 5.97. The minimum atomic E-state index is -0.0477. The van der Waals surface area contributed by atoms with Crippen molar-refractivity contribution < 1.29 is 19.0 Å². The average Bonchev–Trinajstić information content (AvgIpc) is 2.62. The SMILES string of the molecule is COc1ccc(CNc2ccc3c(c2)OCC(=O)N3C)cc1OC. The summed E-state index contributed by atoms with van der Waals surface area (Å²) in [6.07, 6.45) is 0. The molecular weight excluding hydrogens is 308 g/mol. The van der Waals surface area contributed by atoms with Crippen molar-refractivity contribution in [2.45, 2.75) is 6.54 Å².